The third kappa shape index (κ3) is 3.40. The molecule has 1 N–H and O–H groups in total. The lowest BCUT2D eigenvalue weighted by molar-refractivity contribution is -0.113. The number of amides is 1. The van der Waals surface area contributed by atoms with Gasteiger partial charge >= 0.3 is 0 Å². The van der Waals surface area contributed by atoms with Gasteiger partial charge in [-0.1, -0.05) is 35.0 Å². The molecule has 1 aromatic carbocycles. The molecule has 1 aliphatic rings. The molecule has 0 unspecified atom stereocenters. The fourth-order valence-corrected chi connectivity index (χ4v) is 2.98. The topological polar surface area (TPSA) is 60.5 Å². The number of halogens is 2. The Morgan fingerprint density at radius 3 is 2.82 bits per heavy atom. The van der Waals surface area contributed by atoms with E-state index in [2.05, 4.69) is 10.3 Å². The molecule has 2 aromatic rings. The van der Waals surface area contributed by atoms with Gasteiger partial charge in [0.25, 0.3) is 0 Å². The fourth-order valence-electron chi connectivity index (χ4n) is 1.81. The van der Waals surface area contributed by atoms with Crippen molar-refractivity contribution in [3.8, 4) is 11.5 Å². The van der Waals surface area contributed by atoms with Gasteiger partial charge in [-0.25, -0.2) is 4.98 Å². The first-order valence-corrected chi connectivity index (χ1v) is 8.00. The molecule has 0 fully saturated rings. The number of hydrogen-bond donors (Lipinski definition) is 1. The van der Waals surface area contributed by atoms with Gasteiger partial charge in [-0.15, -0.1) is 0 Å². The smallest absolute Gasteiger partial charge is 0.234 e. The SMILES string of the molecule is O=C(CSc1ncccc1Cl)Nc1cc2c(cc1Cl)OCO2. The second-order valence-corrected chi connectivity index (χ2v) is 6.09. The van der Waals surface area contributed by atoms with Crippen LogP contribution in [-0.2, 0) is 4.79 Å². The number of thioether (sulfide) groups is 1. The van der Waals surface area contributed by atoms with Crippen molar-refractivity contribution >= 4 is 46.6 Å². The van der Waals surface area contributed by atoms with Crippen LogP contribution in [0, 0.1) is 0 Å². The van der Waals surface area contributed by atoms with Crippen molar-refractivity contribution in [3.63, 3.8) is 0 Å². The second kappa shape index (κ2) is 6.64. The Hall–Kier alpha value is -1.63. The molecule has 5 nitrogen and oxygen atoms in total. The molecule has 8 heteroatoms. The zero-order chi connectivity index (χ0) is 15.5. The van der Waals surface area contributed by atoms with Gasteiger partial charge in [-0.05, 0) is 12.1 Å². The minimum atomic E-state index is -0.215. The molecule has 0 spiro atoms. The molecule has 22 heavy (non-hydrogen) atoms. The molecular weight excluding hydrogens is 347 g/mol. The van der Waals surface area contributed by atoms with Crippen molar-refractivity contribution in [2.75, 3.05) is 17.9 Å². The monoisotopic (exact) mass is 356 g/mol. The number of rotatable bonds is 4. The van der Waals surface area contributed by atoms with Crippen LogP contribution in [0.25, 0.3) is 0 Å². The van der Waals surface area contributed by atoms with Crippen LogP contribution in [-0.4, -0.2) is 23.4 Å². The zero-order valence-corrected chi connectivity index (χ0v) is 13.5. The van der Waals surface area contributed by atoms with Gasteiger partial charge in [-0.2, -0.15) is 0 Å². The largest absolute Gasteiger partial charge is 0.454 e. The van der Waals surface area contributed by atoms with E-state index in [1.54, 1.807) is 30.5 Å². The summed E-state index contributed by atoms with van der Waals surface area (Å²) >= 11 is 13.3. The Balaban J connectivity index is 1.64. The van der Waals surface area contributed by atoms with Gasteiger partial charge in [0.2, 0.25) is 12.7 Å². The molecule has 0 atom stereocenters. The van der Waals surface area contributed by atoms with Crippen molar-refractivity contribution in [1.29, 1.82) is 0 Å². The van der Waals surface area contributed by atoms with E-state index in [-0.39, 0.29) is 18.5 Å². The van der Waals surface area contributed by atoms with E-state index in [1.807, 2.05) is 0 Å². The summed E-state index contributed by atoms with van der Waals surface area (Å²) in [6, 6.07) is 6.71. The molecule has 1 aromatic heterocycles. The quantitative estimate of drug-likeness (QED) is 0.843. The maximum Gasteiger partial charge on any atom is 0.234 e. The number of fused-ring (bicyclic) bond motifs is 1. The van der Waals surface area contributed by atoms with Crippen LogP contribution in [0.4, 0.5) is 5.69 Å². The maximum atomic E-state index is 12.0. The highest BCUT2D eigenvalue weighted by atomic mass is 35.5. The molecular formula is C14H10Cl2N2O3S. The van der Waals surface area contributed by atoms with Gasteiger partial charge < -0.3 is 14.8 Å². The Labute approximate surface area is 140 Å². The fraction of sp³-hybridized carbons (Fsp3) is 0.143. The zero-order valence-electron chi connectivity index (χ0n) is 11.1. The number of carbonyl (C=O) groups excluding carboxylic acids is 1. The van der Waals surface area contributed by atoms with Crippen molar-refractivity contribution in [1.82, 2.24) is 4.98 Å². The Morgan fingerprint density at radius 2 is 2.05 bits per heavy atom. The summed E-state index contributed by atoms with van der Waals surface area (Å²) < 4.78 is 10.5. The molecule has 0 saturated carbocycles. The van der Waals surface area contributed by atoms with Crippen LogP contribution in [0.15, 0.2) is 35.5 Å². The van der Waals surface area contributed by atoms with Gasteiger partial charge in [0.05, 0.1) is 21.5 Å². The number of ether oxygens (including phenoxy) is 2. The average Bonchev–Trinajstić information content (AvgIpc) is 2.94. The predicted molar refractivity (Wildman–Crippen MR) is 86.2 cm³/mol. The summed E-state index contributed by atoms with van der Waals surface area (Å²) in [6.07, 6.45) is 1.63. The minimum Gasteiger partial charge on any atom is -0.454 e. The van der Waals surface area contributed by atoms with E-state index >= 15 is 0 Å². The molecule has 0 bridgehead atoms. The normalized spacial score (nSPS) is 12.3. The van der Waals surface area contributed by atoms with Crippen molar-refractivity contribution in [2.24, 2.45) is 0 Å². The standard InChI is InChI=1S/C14H10Cl2N2O3S/c15-8-2-1-3-17-14(8)22-6-13(19)18-10-5-12-11(4-9(10)16)20-7-21-12/h1-5H,6-7H2,(H,18,19). The first kappa shape index (κ1) is 15.3. The summed E-state index contributed by atoms with van der Waals surface area (Å²) in [5.74, 6) is 1.08. The first-order valence-electron chi connectivity index (χ1n) is 6.26. The van der Waals surface area contributed by atoms with Gasteiger partial charge in [0, 0.05) is 18.3 Å². The van der Waals surface area contributed by atoms with Crippen LogP contribution < -0.4 is 14.8 Å². The predicted octanol–water partition coefficient (Wildman–Crippen LogP) is 3.85. The summed E-state index contributed by atoms with van der Waals surface area (Å²) in [4.78, 5) is 16.1. The van der Waals surface area contributed by atoms with Crippen molar-refractivity contribution in [3.05, 3.63) is 40.5 Å². The minimum absolute atomic E-state index is 0.150. The summed E-state index contributed by atoms with van der Waals surface area (Å²) in [5.41, 5.74) is 0.476. The van der Waals surface area contributed by atoms with Crippen molar-refractivity contribution < 1.29 is 14.3 Å². The number of pyridine rings is 1. The first-order chi connectivity index (χ1) is 10.6. The summed E-state index contributed by atoms with van der Waals surface area (Å²) in [5, 5.41) is 4.24. The molecule has 0 saturated heterocycles. The number of nitrogens with zero attached hydrogens (tertiary/aromatic N) is 1. The van der Waals surface area contributed by atoms with E-state index < -0.39 is 0 Å². The van der Waals surface area contributed by atoms with Crippen LogP contribution >= 0.6 is 35.0 Å². The van der Waals surface area contributed by atoms with Crippen LogP contribution in [0.3, 0.4) is 0 Å². The number of benzene rings is 1. The van der Waals surface area contributed by atoms with Gasteiger partial charge in [0.15, 0.2) is 11.5 Å². The highest BCUT2D eigenvalue weighted by molar-refractivity contribution is 8.00. The lowest BCUT2D eigenvalue weighted by Crippen LogP contribution is -2.14. The lowest BCUT2D eigenvalue weighted by atomic mass is 10.2. The Kier molecular flexibility index (Phi) is 4.61. The van der Waals surface area contributed by atoms with Gasteiger partial charge in [-0.3, -0.25) is 4.79 Å². The Bertz CT molecular complexity index is 727. The van der Waals surface area contributed by atoms with Gasteiger partial charge in [0.1, 0.15) is 5.03 Å². The third-order valence-electron chi connectivity index (χ3n) is 2.80. The number of aromatic nitrogens is 1. The molecule has 0 aliphatic carbocycles. The molecule has 0 radical (unpaired) electrons. The third-order valence-corrected chi connectivity index (χ3v) is 4.54. The lowest BCUT2D eigenvalue weighted by Gasteiger charge is -2.08. The van der Waals surface area contributed by atoms with Crippen LogP contribution in [0.1, 0.15) is 0 Å². The number of nitrogens with one attached hydrogen (secondary N) is 1. The van der Waals surface area contributed by atoms with Crippen molar-refractivity contribution in [2.45, 2.75) is 5.03 Å². The Morgan fingerprint density at radius 1 is 1.27 bits per heavy atom. The number of carbonyl (C=O) groups is 1. The molecule has 2 heterocycles. The highest BCUT2D eigenvalue weighted by Crippen LogP contribution is 2.39. The highest BCUT2D eigenvalue weighted by Gasteiger charge is 2.17. The van der Waals surface area contributed by atoms with E-state index in [0.29, 0.717) is 32.3 Å². The molecule has 1 amide bonds. The van der Waals surface area contributed by atoms with E-state index in [0.717, 1.165) is 0 Å². The van der Waals surface area contributed by atoms with E-state index in [1.165, 1.54) is 11.8 Å². The van der Waals surface area contributed by atoms with Crippen LogP contribution in [0.2, 0.25) is 10.0 Å². The maximum absolute atomic E-state index is 12.0. The van der Waals surface area contributed by atoms with E-state index in [9.17, 15) is 4.79 Å². The van der Waals surface area contributed by atoms with E-state index in [4.69, 9.17) is 32.7 Å². The number of hydrogen-bond acceptors (Lipinski definition) is 5. The average molecular weight is 357 g/mol. The second-order valence-electron chi connectivity index (χ2n) is 4.31. The number of anilines is 1. The summed E-state index contributed by atoms with van der Waals surface area (Å²) in [7, 11) is 0. The molecule has 114 valence electrons. The molecule has 3 rings (SSSR count). The van der Waals surface area contributed by atoms with Crippen LogP contribution in [0.5, 0.6) is 11.5 Å². The molecule has 1 aliphatic heterocycles. The summed E-state index contributed by atoms with van der Waals surface area (Å²) in [6.45, 7) is 0.150.